The number of carboxylic acid groups (broad SMARTS) is 1. The van der Waals surface area contributed by atoms with Crippen molar-refractivity contribution in [3.8, 4) is 0 Å². The summed E-state index contributed by atoms with van der Waals surface area (Å²) in [5.41, 5.74) is -0.629. The lowest BCUT2D eigenvalue weighted by Crippen LogP contribution is -2.43. The average molecular weight is 300 g/mol. The number of carbonyl (C=O) groups is 2. The number of hydrogen-bond donors (Lipinski definition) is 1. The van der Waals surface area contributed by atoms with E-state index < -0.39 is 29.3 Å². The van der Waals surface area contributed by atoms with Crippen molar-refractivity contribution < 1.29 is 24.3 Å². The molecule has 1 fully saturated rings. The van der Waals surface area contributed by atoms with E-state index in [0.29, 0.717) is 5.71 Å². The number of rotatable bonds is 2. The summed E-state index contributed by atoms with van der Waals surface area (Å²) in [5.74, 6) is -1.08. The van der Waals surface area contributed by atoms with Crippen molar-refractivity contribution in [2.75, 3.05) is 6.54 Å². The molecule has 1 aliphatic heterocycles. The second-order valence-corrected chi connectivity index (χ2v) is 7.03. The lowest BCUT2D eigenvalue weighted by molar-refractivity contribution is -0.142. The van der Waals surface area contributed by atoms with Crippen molar-refractivity contribution in [2.24, 2.45) is 5.16 Å². The molecule has 0 aromatic rings. The number of carboxylic acids is 1. The number of ether oxygens (including phenoxy) is 1. The van der Waals surface area contributed by atoms with Crippen LogP contribution < -0.4 is 0 Å². The van der Waals surface area contributed by atoms with E-state index in [4.69, 9.17) is 9.57 Å². The first-order valence-corrected chi connectivity index (χ1v) is 6.85. The van der Waals surface area contributed by atoms with Crippen molar-refractivity contribution in [1.82, 2.24) is 4.90 Å². The summed E-state index contributed by atoms with van der Waals surface area (Å²) in [6.07, 6.45) is -0.513. The van der Waals surface area contributed by atoms with Crippen molar-refractivity contribution in [2.45, 2.75) is 65.2 Å². The maximum atomic E-state index is 12.1. The van der Waals surface area contributed by atoms with E-state index in [9.17, 15) is 14.7 Å². The molecule has 1 amide bonds. The van der Waals surface area contributed by atoms with Crippen molar-refractivity contribution in [3.63, 3.8) is 0 Å². The summed E-state index contributed by atoms with van der Waals surface area (Å²) in [6.45, 7) is 10.8. The van der Waals surface area contributed by atoms with Gasteiger partial charge < -0.3 is 14.7 Å². The number of likely N-dealkylation sites (tertiary alicyclic amines) is 1. The van der Waals surface area contributed by atoms with Crippen LogP contribution in [0.1, 0.15) is 48.0 Å². The standard InChI is InChI=1S/C14H24N2O5/c1-13(2,3)20-12(19)16-8-9(7-10(16)11(17)18)15-21-14(4,5)6/h10H,7-8H2,1-6H3,(H,17,18)/b15-9-/t10-/m0/s1. The highest BCUT2D eigenvalue weighted by Crippen LogP contribution is 2.21. The van der Waals surface area contributed by atoms with Crippen molar-refractivity contribution >= 4 is 17.8 Å². The molecule has 1 saturated heterocycles. The third-order valence-corrected chi connectivity index (χ3v) is 2.52. The van der Waals surface area contributed by atoms with Crippen LogP contribution in [0.15, 0.2) is 5.16 Å². The molecule has 0 aromatic carbocycles. The van der Waals surface area contributed by atoms with Gasteiger partial charge in [0.15, 0.2) is 0 Å². The molecule has 21 heavy (non-hydrogen) atoms. The first-order valence-electron chi connectivity index (χ1n) is 6.85. The lowest BCUT2D eigenvalue weighted by atomic mass is 10.2. The molecule has 1 rings (SSSR count). The Morgan fingerprint density at radius 1 is 1.19 bits per heavy atom. The summed E-state index contributed by atoms with van der Waals surface area (Å²) in [7, 11) is 0. The monoisotopic (exact) mass is 300 g/mol. The van der Waals surface area contributed by atoms with Crippen LogP contribution in [-0.4, -0.2) is 51.6 Å². The van der Waals surface area contributed by atoms with Gasteiger partial charge in [-0.15, -0.1) is 0 Å². The van der Waals surface area contributed by atoms with Crippen LogP contribution in [0.3, 0.4) is 0 Å². The number of amides is 1. The molecule has 0 radical (unpaired) electrons. The summed E-state index contributed by atoms with van der Waals surface area (Å²) in [5, 5.41) is 13.2. The Bertz CT molecular complexity index is 445. The molecule has 120 valence electrons. The highest BCUT2D eigenvalue weighted by atomic mass is 16.6. The third-order valence-electron chi connectivity index (χ3n) is 2.52. The van der Waals surface area contributed by atoms with Gasteiger partial charge in [-0.2, -0.15) is 0 Å². The van der Waals surface area contributed by atoms with Gasteiger partial charge >= 0.3 is 12.1 Å². The van der Waals surface area contributed by atoms with Gasteiger partial charge in [0.2, 0.25) is 0 Å². The molecule has 0 aliphatic carbocycles. The quantitative estimate of drug-likeness (QED) is 0.790. The Morgan fingerprint density at radius 2 is 1.76 bits per heavy atom. The normalized spacial score (nSPS) is 21.5. The zero-order valence-electron chi connectivity index (χ0n) is 13.5. The summed E-state index contributed by atoms with van der Waals surface area (Å²) in [4.78, 5) is 29.8. The maximum absolute atomic E-state index is 12.1. The summed E-state index contributed by atoms with van der Waals surface area (Å²) < 4.78 is 5.22. The molecule has 1 atom stereocenters. The van der Waals surface area contributed by atoms with Crippen LogP contribution in [-0.2, 0) is 14.4 Å². The van der Waals surface area contributed by atoms with Crippen LogP contribution >= 0.6 is 0 Å². The highest BCUT2D eigenvalue weighted by molar-refractivity contribution is 5.98. The minimum Gasteiger partial charge on any atom is -0.480 e. The van der Waals surface area contributed by atoms with Crippen LogP contribution in [0.4, 0.5) is 4.79 Å². The molecule has 1 N–H and O–H groups in total. The van der Waals surface area contributed by atoms with E-state index in [1.54, 1.807) is 20.8 Å². The first kappa shape index (κ1) is 17.3. The average Bonchev–Trinajstić information content (AvgIpc) is 2.67. The molecular formula is C14H24N2O5. The molecule has 0 saturated carbocycles. The largest absolute Gasteiger partial charge is 0.480 e. The molecule has 1 heterocycles. The molecule has 0 bridgehead atoms. The Labute approximate surface area is 124 Å². The minimum atomic E-state index is -1.08. The summed E-state index contributed by atoms with van der Waals surface area (Å²) >= 11 is 0. The van der Waals surface area contributed by atoms with Crippen molar-refractivity contribution in [1.29, 1.82) is 0 Å². The van der Waals surface area contributed by atoms with Gasteiger partial charge in [-0.3, -0.25) is 4.90 Å². The fourth-order valence-electron chi connectivity index (χ4n) is 1.71. The Hall–Kier alpha value is -1.79. The van der Waals surface area contributed by atoms with Crippen LogP contribution in [0.2, 0.25) is 0 Å². The SMILES string of the molecule is CC(C)(C)O/N=C1/C[C@@H](C(=O)O)N(C(=O)OC(C)(C)C)C1. The number of aliphatic carboxylic acids is 1. The molecule has 1 aliphatic rings. The zero-order chi connectivity index (χ0) is 16.4. The van der Waals surface area contributed by atoms with Crippen LogP contribution in [0.25, 0.3) is 0 Å². The van der Waals surface area contributed by atoms with Gasteiger partial charge in [0, 0.05) is 6.42 Å². The number of hydrogen-bond acceptors (Lipinski definition) is 5. The second kappa shape index (κ2) is 5.91. The maximum Gasteiger partial charge on any atom is 0.411 e. The molecule has 0 unspecified atom stereocenters. The van der Waals surface area contributed by atoms with Crippen LogP contribution in [0.5, 0.6) is 0 Å². The fraction of sp³-hybridized carbons (Fsp3) is 0.786. The third kappa shape index (κ3) is 5.61. The molecule has 7 heteroatoms. The van der Waals surface area contributed by atoms with E-state index in [1.807, 2.05) is 20.8 Å². The predicted molar refractivity (Wildman–Crippen MR) is 77.3 cm³/mol. The first-order chi connectivity index (χ1) is 9.39. The van der Waals surface area contributed by atoms with Crippen molar-refractivity contribution in [3.05, 3.63) is 0 Å². The summed E-state index contributed by atoms with van der Waals surface area (Å²) in [6, 6.07) is -0.970. The van der Waals surface area contributed by atoms with E-state index in [1.165, 1.54) is 4.90 Å². The Kier molecular flexibility index (Phi) is 4.86. The van der Waals surface area contributed by atoms with Gasteiger partial charge in [0.05, 0.1) is 12.3 Å². The minimum absolute atomic E-state index is 0.0992. The Balaban J connectivity index is 2.83. The van der Waals surface area contributed by atoms with Gasteiger partial charge in [-0.1, -0.05) is 5.16 Å². The number of oxime groups is 1. The van der Waals surface area contributed by atoms with Gasteiger partial charge in [0.1, 0.15) is 17.2 Å². The van der Waals surface area contributed by atoms with E-state index in [-0.39, 0.29) is 13.0 Å². The Morgan fingerprint density at radius 3 is 2.19 bits per heavy atom. The fourth-order valence-corrected chi connectivity index (χ4v) is 1.71. The topological polar surface area (TPSA) is 88.4 Å². The van der Waals surface area contributed by atoms with Gasteiger partial charge in [0.25, 0.3) is 0 Å². The number of carbonyl (C=O) groups excluding carboxylic acids is 1. The van der Waals surface area contributed by atoms with Gasteiger partial charge in [-0.25, -0.2) is 9.59 Å². The zero-order valence-corrected chi connectivity index (χ0v) is 13.5. The molecule has 0 spiro atoms. The highest BCUT2D eigenvalue weighted by Gasteiger charge is 2.40. The smallest absolute Gasteiger partial charge is 0.411 e. The van der Waals surface area contributed by atoms with E-state index in [2.05, 4.69) is 5.16 Å². The van der Waals surface area contributed by atoms with E-state index >= 15 is 0 Å². The predicted octanol–water partition coefficient (Wildman–Crippen LogP) is 2.25. The number of nitrogens with zero attached hydrogens (tertiary/aromatic N) is 2. The van der Waals surface area contributed by atoms with Gasteiger partial charge in [-0.05, 0) is 41.5 Å². The second-order valence-electron chi connectivity index (χ2n) is 7.03. The molecule has 0 aromatic heterocycles. The van der Waals surface area contributed by atoms with Crippen LogP contribution in [0, 0.1) is 0 Å². The van der Waals surface area contributed by atoms with E-state index in [0.717, 1.165) is 0 Å². The molecular weight excluding hydrogens is 276 g/mol. The lowest BCUT2D eigenvalue weighted by Gasteiger charge is -2.26. The molecule has 7 nitrogen and oxygen atoms in total.